The number of amides is 1. The maximum absolute atomic E-state index is 13.5. The Hall–Kier alpha value is -1.28. The lowest BCUT2D eigenvalue weighted by Gasteiger charge is -2.17. The van der Waals surface area contributed by atoms with Gasteiger partial charge in [0.15, 0.2) is 11.6 Å². The maximum Gasteiger partial charge on any atom is 0.237 e. The van der Waals surface area contributed by atoms with Crippen LogP contribution in [-0.4, -0.2) is 26.1 Å². The summed E-state index contributed by atoms with van der Waals surface area (Å²) < 4.78 is 62.0. The van der Waals surface area contributed by atoms with E-state index in [-0.39, 0.29) is 0 Å². The van der Waals surface area contributed by atoms with E-state index >= 15 is 0 Å². The van der Waals surface area contributed by atoms with Crippen molar-refractivity contribution in [2.24, 2.45) is 0 Å². The Kier molecular flexibility index (Phi) is 3.48. The molecule has 1 amide bonds. The number of rotatable bonds is 2. The smallest absolute Gasteiger partial charge is 0.237 e. The van der Waals surface area contributed by atoms with E-state index in [4.69, 9.17) is 10.7 Å². The highest BCUT2D eigenvalue weighted by molar-refractivity contribution is 8.14. The molecule has 1 aliphatic rings. The first-order valence-corrected chi connectivity index (χ1v) is 7.46. The summed E-state index contributed by atoms with van der Waals surface area (Å²) in [7, 11) is 1.09. The third-order valence-corrected chi connectivity index (χ3v) is 4.61. The SMILES string of the molecule is O=C1CC(S(=O)(=O)Cl)CN1c1c(F)cc(F)cc1F. The Labute approximate surface area is 111 Å². The molecule has 0 aromatic heterocycles. The molecule has 1 heterocycles. The van der Waals surface area contributed by atoms with E-state index in [0.29, 0.717) is 17.0 Å². The molecule has 0 radical (unpaired) electrons. The number of anilines is 1. The molecule has 0 saturated carbocycles. The third kappa shape index (κ3) is 2.69. The Bertz CT molecular complexity index is 626. The van der Waals surface area contributed by atoms with Crippen molar-refractivity contribution < 1.29 is 26.4 Å². The van der Waals surface area contributed by atoms with Crippen LogP contribution in [0.15, 0.2) is 12.1 Å². The molecule has 19 heavy (non-hydrogen) atoms. The summed E-state index contributed by atoms with van der Waals surface area (Å²) in [6, 6.07) is 0.822. The predicted octanol–water partition coefficient (Wildman–Crippen LogP) is 1.78. The van der Waals surface area contributed by atoms with Crippen LogP contribution < -0.4 is 4.90 Å². The Balaban J connectivity index is 2.42. The number of hydrogen-bond acceptors (Lipinski definition) is 3. The molecule has 0 N–H and O–H groups in total. The first-order chi connectivity index (χ1) is 8.70. The number of carbonyl (C=O) groups is 1. The van der Waals surface area contributed by atoms with Crippen LogP contribution in [0, 0.1) is 17.5 Å². The molecule has 0 aliphatic carbocycles. The Morgan fingerprint density at radius 1 is 1.21 bits per heavy atom. The van der Waals surface area contributed by atoms with Gasteiger partial charge in [0.05, 0.1) is 0 Å². The van der Waals surface area contributed by atoms with E-state index in [9.17, 15) is 26.4 Å². The molecule has 1 aromatic carbocycles. The zero-order valence-corrected chi connectivity index (χ0v) is 10.8. The summed E-state index contributed by atoms with van der Waals surface area (Å²) in [5.74, 6) is -4.48. The van der Waals surface area contributed by atoms with Gasteiger partial charge in [0.2, 0.25) is 15.0 Å². The molecule has 4 nitrogen and oxygen atoms in total. The van der Waals surface area contributed by atoms with Crippen LogP contribution in [0.5, 0.6) is 0 Å². The minimum atomic E-state index is -4.02. The average molecular weight is 314 g/mol. The van der Waals surface area contributed by atoms with Crippen molar-refractivity contribution in [3.63, 3.8) is 0 Å². The largest absolute Gasteiger partial charge is 0.306 e. The molecule has 1 saturated heterocycles. The molecule has 2 rings (SSSR count). The van der Waals surface area contributed by atoms with E-state index in [0.717, 1.165) is 0 Å². The maximum atomic E-state index is 13.5. The van der Waals surface area contributed by atoms with Crippen LogP contribution in [0.2, 0.25) is 0 Å². The van der Waals surface area contributed by atoms with Gasteiger partial charge in [-0.2, -0.15) is 0 Å². The number of hydrogen-bond donors (Lipinski definition) is 0. The zero-order chi connectivity index (χ0) is 14.4. The minimum Gasteiger partial charge on any atom is -0.306 e. The predicted molar refractivity (Wildman–Crippen MR) is 61.8 cm³/mol. The zero-order valence-electron chi connectivity index (χ0n) is 9.24. The lowest BCUT2D eigenvalue weighted by Crippen LogP contribution is -2.28. The number of carbonyl (C=O) groups excluding carboxylic acids is 1. The lowest BCUT2D eigenvalue weighted by atomic mass is 10.2. The number of nitrogens with zero attached hydrogens (tertiary/aromatic N) is 1. The van der Waals surface area contributed by atoms with Crippen molar-refractivity contribution in [3.8, 4) is 0 Å². The summed E-state index contributed by atoms with van der Waals surface area (Å²) >= 11 is 0. The molecule has 1 fully saturated rings. The summed E-state index contributed by atoms with van der Waals surface area (Å²) in [4.78, 5) is 12.2. The standard InChI is InChI=1S/C10H7ClF3NO3S/c11-19(17,18)6-3-9(16)15(4-6)10-7(13)1-5(12)2-8(10)14/h1-2,6H,3-4H2. The molecular formula is C10H7ClF3NO3S. The van der Waals surface area contributed by atoms with Crippen molar-refractivity contribution >= 4 is 31.3 Å². The summed E-state index contributed by atoms with van der Waals surface area (Å²) in [5.41, 5.74) is -0.769. The number of halogens is 4. The summed E-state index contributed by atoms with van der Waals surface area (Å²) in [6.45, 7) is -0.468. The molecule has 9 heteroatoms. The second-order valence-corrected chi connectivity index (χ2v) is 6.93. The van der Waals surface area contributed by atoms with Crippen molar-refractivity contribution in [2.45, 2.75) is 11.7 Å². The first-order valence-electron chi connectivity index (χ1n) is 5.08. The molecule has 0 bridgehead atoms. The van der Waals surface area contributed by atoms with Crippen LogP contribution in [-0.2, 0) is 13.8 Å². The Morgan fingerprint density at radius 2 is 1.74 bits per heavy atom. The van der Waals surface area contributed by atoms with Gasteiger partial charge in [0.25, 0.3) is 0 Å². The average Bonchev–Trinajstić information content (AvgIpc) is 2.59. The fourth-order valence-electron chi connectivity index (χ4n) is 1.87. The summed E-state index contributed by atoms with van der Waals surface area (Å²) in [5, 5.41) is -1.24. The van der Waals surface area contributed by atoms with Crippen molar-refractivity contribution in [1.82, 2.24) is 0 Å². The van der Waals surface area contributed by atoms with Crippen LogP contribution in [0.3, 0.4) is 0 Å². The lowest BCUT2D eigenvalue weighted by molar-refractivity contribution is -0.117. The van der Waals surface area contributed by atoms with Gasteiger partial charge in [0.1, 0.15) is 16.8 Å². The highest BCUT2D eigenvalue weighted by atomic mass is 35.7. The highest BCUT2D eigenvalue weighted by Gasteiger charge is 2.40. The monoisotopic (exact) mass is 313 g/mol. The van der Waals surface area contributed by atoms with Gasteiger partial charge in [-0.3, -0.25) is 4.79 Å². The molecule has 1 aliphatic heterocycles. The molecule has 1 unspecified atom stereocenters. The summed E-state index contributed by atoms with van der Waals surface area (Å²) in [6.07, 6.45) is -0.470. The third-order valence-electron chi connectivity index (χ3n) is 2.74. The second kappa shape index (κ2) is 4.68. The second-order valence-electron chi connectivity index (χ2n) is 4.02. The minimum absolute atomic E-state index is 0.411. The normalized spacial score (nSPS) is 20.1. The van der Waals surface area contributed by atoms with Gasteiger partial charge in [-0.15, -0.1) is 0 Å². The van der Waals surface area contributed by atoms with E-state index < -0.39 is 56.3 Å². The Morgan fingerprint density at radius 3 is 2.16 bits per heavy atom. The molecule has 1 atom stereocenters. The molecule has 1 aromatic rings. The fraction of sp³-hybridized carbons (Fsp3) is 0.300. The number of benzene rings is 1. The molecule has 104 valence electrons. The van der Waals surface area contributed by atoms with Gasteiger partial charge in [-0.05, 0) is 0 Å². The van der Waals surface area contributed by atoms with Gasteiger partial charge < -0.3 is 4.90 Å². The van der Waals surface area contributed by atoms with Gasteiger partial charge in [0, 0.05) is 35.8 Å². The quantitative estimate of drug-likeness (QED) is 0.782. The van der Waals surface area contributed by atoms with Crippen LogP contribution in [0.25, 0.3) is 0 Å². The van der Waals surface area contributed by atoms with E-state index in [1.165, 1.54) is 0 Å². The molecular weight excluding hydrogens is 307 g/mol. The fourth-order valence-corrected chi connectivity index (χ4v) is 2.90. The van der Waals surface area contributed by atoms with Gasteiger partial charge in [-0.1, -0.05) is 0 Å². The van der Waals surface area contributed by atoms with Crippen molar-refractivity contribution in [1.29, 1.82) is 0 Å². The van der Waals surface area contributed by atoms with E-state index in [2.05, 4.69) is 0 Å². The van der Waals surface area contributed by atoms with E-state index in [1.54, 1.807) is 0 Å². The van der Waals surface area contributed by atoms with Gasteiger partial charge >= 0.3 is 0 Å². The van der Waals surface area contributed by atoms with Crippen molar-refractivity contribution in [3.05, 3.63) is 29.6 Å². The van der Waals surface area contributed by atoms with E-state index in [1.807, 2.05) is 0 Å². The van der Waals surface area contributed by atoms with Crippen LogP contribution >= 0.6 is 10.7 Å². The first kappa shape index (κ1) is 14.1. The van der Waals surface area contributed by atoms with Gasteiger partial charge in [-0.25, -0.2) is 21.6 Å². The van der Waals surface area contributed by atoms with Crippen LogP contribution in [0.1, 0.15) is 6.42 Å². The highest BCUT2D eigenvalue weighted by Crippen LogP contribution is 2.31. The topological polar surface area (TPSA) is 54.5 Å². The molecule has 0 spiro atoms. The van der Waals surface area contributed by atoms with Crippen LogP contribution in [0.4, 0.5) is 18.9 Å². The van der Waals surface area contributed by atoms with Crippen molar-refractivity contribution in [2.75, 3.05) is 11.4 Å².